The lowest BCUT2D eigenvalue weighted by atomic mass is 10.1. The predicted molar refractivity (Wildman–Crippen MR) is 68.9 cm³/mol. The summed E-state index contributed by atoms with van der Waals surface area (Å²) in [6, 6.07) is 3.55. The molecule has 1 unspecified atom stereocenters. The Morgan fingerprint density at radius 3 is 2.63 bits per heavy atom. The smallest absolute Gasteiger partial charge is 0.267 e. The van der Waals surface area contributed by atoms with Gasteiger partial charge in [0.25, 0.3) is 5.91 Å². The summed E-state index contributed by atoms with van der Waals surface area (Å²) in [7, 11) is 1.73. The third-order valence-electron chi connectivity index (χ3n) is 3.29. The molecule has 2 aliphatic rings. The van der Waals surface area contributed by atoms with Crippen molar-refractivity contribution >= 4 is 11.6 Å². The number of ether oxygens (including phenoxy) is 3. The molecule has 3 rings (SSSR count). The van der Waals surface area contributed by atoms with Crippen LogP contribution in [0.5, 0.6) is 17.2 Å². The van der Waals surface area contributed by atoms with Crippen molar-refractivity contribution in [2.75, 3.05) is 31.7 Å². The fourth-order valence-corrected chi connectivity index (χ4v) is 2.29. The molecule has 6 heteroatoms. The van der Waals surface area contributed by atoms with Gasteiger partial charge >= 0.3 is 0 Å². The molecule has 2 aliphatic heterocycles. The number of nitrogens with zero attached hydrogens (tertiary/aromatic N) is 1. The highest BCUT2D eigenvalue weighted by molar-refractivity contribution is 6.00. The zero-order valence-electron chi connectivity index (χ0n) is 10.7. The van der Waals surface area contributed by atoms with Crippen molar-refractivity contribution in [1.82, 2.24) is 0 Å². The fourth-order valence-electron chi connectivity index (χ4n) is 2.29. The fraction of sp³-hybridized carbons (Fsp3) is 0.462. The van der Waals surface area contributed by atoms with Crippen LogP contribution in [0.3, 0.4) is 0 Å². The van der Waals surface area contributed by atoms with Gasteiger partial charge in [0.1, 0.15) is 19.0 Å². The molecule has 2 heterocycles. The van der Waals surface area contributed by atoms with Crippen LogP contribution in [0.1, 0.15) is 6.42 Å². The van der Waals surface area contributed by atoms with Gasteiger partial charge in [0, 0.05) is 25.6 Å². The van der Waals surface area contributed by atoms with Crippen LogP contribution in [0, 0.1) is 0 Å². The van der Waals surface area contributed by atoms with E-state index in [1.165, 1.54) is 0 Å². The molecule has 102 valence electrons. The normalized spacial score (nSPS) is 20.8. The van der Waals surface area contributed by atoms with Crippen molar-refractivity contribution < 1.29 is 19.0 Å². The Labute approximate surface area is 111 Å². The van der Waals surface area contributed by atoms with Crippen LogP contribution in [0.2, 0.25) is 0 Å². The van der Waals surface area contributed by atoms with Gasteiger partial charge in [-0.05, 0) is 6.54 Å². The molecule has 6 nitrogen and oxygen atoms in total. The Balaban J connectivity index is 1.99. The van der Waals surface area contributed by atoms with Gasteiger partial charge in [-0.3, -0.25) is 4.79 Å². The highest BCUT2D eigenvalue weighted by Gasteiger charge is 2.33. The number of benzene rings is 1. The first-order valence-electron chi connectivity index (χ1n) is 6.28. The van der Waals surface area contributed by atoms with Crippen LogP contribution in [0.25, 0.3) is 0 Å². The Morgan fingerprint density at radius 1 is 1.26 bits per heavy atom. The molecule has 0 aromatic heterocycles. The van der Waals surface area contributed by atoms with Crippen molar-refractivity contribution in [1.29, 1.82) is 0 Å². The van der Waals surface area contributed by atoms with Crippen LogP contribution in [0.4, 0.5) is 5.69 Å². The average molecular weight is 264 g/mol. The van der Waals surface area contributed by atoms with Gasteiger partial charge in [-0.25, -0.2) is 0 Å². The number of nitrogens with two attached hydrogens (primary N) is 1. The maximum Gasteiger partial charge on any atom is 0.267 e. The number of likely N-dealkylation sites (N-methyl/N-ethyl adjacent to an activating group) is 1. The first-order chi connectivity index (χ1) is 9.20. The van der Waals surface area contributed by atoms with E-state index in [9.17, 15) is 4.79 Å². The van der Waals surface area contributed by atoms with Gasteiger partial charge in [-0.1, -0.05) is 0 Å². The van der Waals surface area contributed by atoms with Crippen LogP contribution >= 0.6 is 0 Å². The van der Waals surface area contributed by atoms with E-state index in [1.807, 2.05) is 0 Å². The standard InChI is InChI=1S/C13H16N2O4/c1-15-8-6-11-12(18-5-4-17-11)7-10(8)19-9(2-3-14)13(15)16/h6-7,9H,2-5,14H2,1H3. The summed E-state index contributed by atoms with van der Waals surface area (Å²) < 4.78 is 16.7. The van der Waals surface area contributed by atoms with Crippen LogP contribution < -0.4 is 24.8 Å². The predicted octanol–water partition coefficient (Wildman–Crippen LogP) is 0.530. The lowest BCUT2D eigenvalue weighted by molar-refractivity contribution is -0.126. The van der Waals surface area contributed by atoms with Crippen molar-refractivity contribution in [2.24, 2.45) is 5.73 Å². The minimum atomic E-state index is -0.523. The maximum absolute atomic E-state index is 12.1. The number of carbonyl (C=O) groups excluding carboxylic acids is 1. The molecule has 1 aromatic rings. The highest BCUT2D eigenvalue weighted by Crippen LogP contribution is 2.43. The highest BCUT2D eigenvalue weighted by atomic mass is 16.6. The Kier molecular flexibility index (Phi) is 2.94. The first-order valence-corrected chi connectivity index (χ1v) is 6.28. The number of anilines is 1. The van der Waals surface area contributed by atoms with E-state index in [-0.39, 0.29) is 5.91 Å². The van der Waals surface area contributed by atoms with Crippen molar-refractivity contribution in [3.05, 3.63) is 12.1 Å². The number of hydrogen-bond donors (Lipinski definition) is 1. The molecular weight excluding hydrogens is 248 g/mol. The summed E-state index contributed by atoms with van der Waals surface area (Å²) in [5.41, 5.74) is 6.20. The van der Waals surface area contributed by atoms with Gasteiger partial charge in [0.05, 0.1) is 5.69 Å². The molecule has 1 atom stereocenters. The van der Waals surface area contributed by atoms with E-state index in [1.54, 1.807) is 24.1 Å². The topological polar surface area (TPSA) is 74.0 Å². The summed E-state index contributed by atoms with van der Waals surface area (Å²) in [5.74, 6) is 1.84. The van der Waals surface area contributed by atoms with Crippen molar-refractivity contribution in [2.45, 2.75) is 12.5 Å². The van der Waals surface area contributed by atoms with E-state index >= 15 is 0 Å². The largest absolute Gasteiger partial charge is 0.486 e. The van der Waals surface area contributed by atoms with Crippen LogP contribution in [-0.4, -0.2) is 38.8 Å². The second-order valence-corrected chi connectivity index (χ2v) is 4.54. The molecule has 0 spiro atoms. The summed E-state index contributed by atoms with van der Waals surface area (Å²) >= 11 is 0. The Hall–Kier alpha value is -1.95. The number of rotatable bonds is 2. The Bertz CT molecular complexity index is 518. The second-order valence-electron chi connectivity index (χ2n) is 4.54. The van der Waals surface area contributed by atoms with Crippen molar-refractivity contribution in [3.63, 3.8) is 0 Å². The van der Waals surface area contributed by atoms with E-state index < -0.39 is 6.10 Å². The summed E-state index contributed by atoms with van der Waals surface area (Å²) in [6.07, 6.45) is -0.0260. The molecule has 0 saturated heterocycles. The van der Waals surface area contributed by atoms with Gasteiger partial charge in [0.2, 0.25) is 0 Å². The number of carbonyl (C=O) groups is 1. The number of amides is 1. The number of hydrogen-bond acceptors (Lipinski definition) is 5. The number of fused-ring (bicyclic) bond motifs is 2. The molecule has 0 saturated carbocycles. The van der Waals surface area contributed by atoms with Gasteiger partial charge in [-0.15, -0.1) is 0 Å². The molecule has 0 radical (unpaired) electrons. The van der Waals surface area contributed by atoms with Crippen molar-refractivity contribution in [3.8, 4) is 17.2 Å². The maximum atomic E-state index is 12.1. The van der Waals surface area contributed by atoms with E-state index in [0.717, 1.165) is 0 Å². The molecule has 0 fully saturated rings. The molecule has 2 N–H and O–H groups in total. The summed E-state index contributed by atoms with van der Waals surface area (Å²) in [4.78, 5) is 13.7. The molecule has 0 bridgehead atoms. The zero-order valence-corrected chi connectivity index (χ0v) is 10.7. The molecule has 1 amide bonds. The lowest BCUT2D eigenvalue weighted by Crippen LogP contribution is -2.44. The molecular formula is C13H16N2O4. The van der Waals surface area contributed by atoms with E-state index in [0.29, 0.717) is 49.1 Å². The summed E-state index contributed by atoms with van der Waals surface area (Å²) in [6.45, 7) is 1.44. The van der Waals surface area contributed by atoms with Gasteiger partial charge in [0.15, 0.2) is 17.6 Å². The summed E-state index contributed by atoms with van der Waals surface area (Å²) in [5, 5.41) is 0. The first kappa shape index (κ1) is 12.1. The monoisotopic (exact) mass is 264 g/mol. The third kappa shape index (κ3) is 1.98. The Morgan fingerprint density at radius 2 is 1.95 bits per heavy atom. The van der Waals surface area contributed by atoms with Crippen LogP contribution in [-0.2, 0) is 4.79 Å². The van der Waals surface area contributed by atoms with Gasteiger partial charge < -0.3 is 24.8 Å². The molecule has 19 heavy (non-hydrogen) atoms. The molecule has 1 aromatic carbocycles. The zero-order chi connectivity index (χ0) is 13.4. The lowest BCUT2D eigenvalue weighted by Gasteiger charge is -2.33. The average Bonchev–Trinajstić information content (AvgIpc) is 2.43. The minimum Gasteiger partial charge on any atom is -0.486 e. The van der Waals surface area contributed by atoms with E-state index in [4.69, 9.17) is 19.9 Å². The minimum absolute atomic E-state index is 0.0883. The quantitative estimate of drug-likeness (QED) is 0.843. The van der Waals surface area contributed by atoms with Crippen LogP contribution in [0.15, 0.2) is 12.1 Å². The third-order valence-corrected chi connectivity index (χ3v) is 3.29. The van der Waals surface area contributed by atoms with Gasteiger partial charge in [-0.2, -0.15) is 0 Å². The van der Waals surface area contributed by atoms with E-state index in [2.05, 4.69) is 0 Å². The molecule has 0 aliphatic carbocycles. The SMILES string of the molecule is CN1C(=O)C(CCN)Oc2cc3c(cc21)OCCO3. The second kappa shape index (κ2) is 4.62.